The summed E-state index contributed by atoms with van der Waals surface area (Å²) in [5.74, 6) is -0.0697. The zero-order valence-electron chi connectivity index (χ0n) is 8.69. The van der Waals surface area contributed by atoms with Gasteiger partial charge < -0.3 is 16.4 Å². The molecule has 1 amide bonds. The summed E-state index contributed by atoms with van der Waals surface area (Å²) in [5, 5.41) is 0.757. The molecule has 0 bridgehead atoms. The van der Waals surface area contributed by atoms with E-state index >= 15 is 0 Å². The highest BCUT2D eigenvalue weighted by Crippen LogP contribution is 2.42. The first-order valence-corrected chi connectivity index (χ1v) is 4.86. The van der Waals surface area contributed by atoms with Gasteiger partial charge in [0.15, 0.2) is 0 Å². The molecule has 5 nitrogen and oxygen atoms in total. The molecular formula is C11H10N4O. The van der Waals surface area contributed by atoms with Crippen molar-refractivity contribution in [1.82, 2.24) is 4.98 Å². The van der Waals surface area contributed by atoms with Crippen molar-refractivity contribution in [2.45, 2.75) is 0 Å². The van der Waals surface area contributed by atoms with Crippen molar-refractivity contribution in [2.24, 2.45) is 0 Å². The lowest BCUT2D eigenvalue weighted by atomic mass is 10.1. The van der Waals surface area contributed by atoms with Gasteiger partial charge in [0.25, 0.3) is 5.91 Å². The smallest absolute Gasteiger partial charge is 0.258 e. The first kappa shape index (κ1) is 8.96. The number of hydrogen-bond acceptors (Lipinski definition) is 4. The number of nitrogens with two attached hydrogens (primary N) is 2. The number of nitrogens with zero attached hydrogens (tertiary/aromatic N) is 2. The number of rotatable bonds is 0. The van der Waals surface area contributed by atoms with E-state index in [-0.39, 0.29) is 5.91 Å². The van der Waals surface area contributed by atoms with Crippen molar-refractivity contribution in [3.05, 3.63) is 23.9 Å². The third-order valence-electron chi connectivity index (χ3n) is 2.92. The molecule has 0 atom stereocenters. The van der Waals surface area contributed by atoms with Crippen LogP contribution in [0.4, 0.5) is 17.1 Å². The van der Waals surface area contributed by atoms with E-state index in [2.05, 4.69) is 4.98 Å². The second-order valence-corrected chi connectivity index (χ2v) is 3.85. The van der Waals surface area contributed by atoms with E-state index in [9.17, 15) is 4.79 Å². The van der Waals surface area contributed by atoms with Gasteiger partial charge in [-0.15, -0.1) is 0 Å². The van der Waals surface area contributed by atoms with Crippen molar-refractivity contribution in [2.75, 3.05) is 23.4 Å². The lowest BCUT2D eigenvalue weighted by Crippen LogP contribution is -2.21. The number of benzene rings is 1. The van der Waals surface area contributed by atoms with Crippen LogP contribution in [0, 0.1) is 0 Å². The highest BCUT2D eigenvalue weighted by molar-refractivity contribution is 6.27. The van der Waals surface area contributed by atoms with Gasteiger partial charge in [-0.05, 0) is 12.1 Å². The Balaban J connectivity index is 2.59. The number of aromatic nitrogens is 1. The van der Waals surface area contributed by atoms with Gasteiger partial charge in [-0.3, -0.25) is 9.78 Å². The van der Waals surface area contributed by atoms with Crippen LogP contribution in [-0.2, 0) is 0 Å². The SMILES string of the molecule is CN1C(=O)c2ccnc3c(N)cc(N)c1c23. The van der Waals surface area contributed by atoms with Crippen molar-refractivity contribution >= 4 is 33.9 Å². The van der Waals surface area contributed by atoms with Gasteiger partial charge in [-0.1, -0.05) is 0 Å². The van der Waals surface area contributed by atoms with E-state index in [1.807, 2.05) is 0 Å². The molecule has 5 heteroatoms. The van der Waals surface area contributed by atoms with E-state index in [4.69, 9.17) is 11.5 Å². The van der Waals surface area contributed by atoms with Crippen molar-refractivity contribution < 1.29 is 4.79 Å². The first-order valence-electron chi connectivity index (χ1n) is 4.86. The maximum Gasteiger partial charge on any atom is 0.258 e. The van der Waals surface area contributed by atoms with Crippen molar-refractivity contribution in [3.63, 3.8) is 0 Å². The van der Waals surface area contributed by atoms with Gasteiger partial charge in [-0.2, -0.15) is 0 Å². The van der Waals surface area contributed by atoms with Crippen LogP contribution in [0.15, 0.2) is 18.3 Å². The predicted octanol–water partition coefficient (Wildman–Crippen LogP) is 0.989. The number of amides is 1. The van der Waals surface area contributed by atoms with Crippen LogP contribution in [0.5, 0.6) is 0 Å². The van der Waals surface area contributed by atoms with E-state index in [0.29, 0.717) is 28.1 Å². The summed E-state index contributed by atoms with van der Waals surface area (Å²) in [4.78, 5) is 17.7. The van der Waals surface area contributed by atoms with Crippen LogP contribution in [0.25, 0.3) is 10.9 Å². The Morgan fingerprint density at radius 1 is 1.31 bits per heavy atom. The van der Waals surface area contributed by atoms with Crippen molar-refractivity contribution in [1.29, 1.82) is 0 Å². The van der Waals surface area contributed by atoms with Crippen LogP contribution in [-0.4, -0.2) is 17.9 Å². The zero-order chi connectivity index (χ0) is 11.4. The first-order chi connectivity index (χ1) is 7.61. The summed E-state index contributed by atoms with van der Waals surface area (Å²) in [5.41, 5.74) is 14.7. The minimum absolute atomic E-state index is 0.0697. The van der Waals surface area contributed by atoms with Gasteiger partial charge in [-0.25, -0.2) is 0 Å². The lowest BCUT2D eigenvalue weighted by molar-refractivity contribution is 0.0999. The van der Waals surface area contributed by atoms with Crippen LogP contribution in [0.2, 0.25) is 0 Å². The van der Waals surface area contributed by atoms with Gasteiger partial charge in [0.05, 0.1) is 28.1 Å². The highest BCUT2D eigenvalue weighted by Gasteiger charge is 2.30. The Bertz CT molecular complexity index is 635. The average molecular weight is 214 g/mol. The number of pyridine rings is 1. The summed E-state index contributed by atoms with van der Waals surface area (Å²) in [6.07, 6.45) is 1.59. The van der Waals surface area contributed by atoms with E-state index < -0.39 is 0 Å². The van der Waals surface area contributed by atoms with Crippen LogP contribution < -0.4 is 16.4 Å². The summed E-state index contributed by atoms with van der Waals surface area (Å²) in [6, 6.07) is 3.33. The molecule has 0 aliphatic carbocycles. The van der Waals surface area contributed by atoms with Crippen LogP contribution in [0.1, 0.15) is 10.4 Å². The van der Waals surface area contributed by atoms with Gasteiger partial charge in [0, 0.05) is 18.6 Å². The lowest BCUT2D eigenvalue weighted by Gasteiger charge is -2.13. The maximum absolute atomic E-state index is 11.9. The summed E-state index contributed by atoms with van der Waals surface area (Å²) >= 11 is 0. The van der Waals surface area contributed by atoms with Crippen molar-refractivity contribution in [3.8, 4) is 0 Å². The number of carbonyl (C=O) groups is 1. The Hall–Kier alpha value is -2.30. The quantitative estimate of drug-likeness (QED) is 0.640. The van der Waals surface area contributed by atoms with E-state index in [1.165, 1.54) is 4.90 Å². The van der Waals surface area contributed by atoms with Gasteiger partial charge in [0.1, 0.15) is 0 Å². The molecule has 1 aromatic heterocycles. The Labute approximate surface area is 91.7 Å². The van der Waals surface area contributed by atoms with Crippen LogP contribution >= 0.6 is 0 Å². The molecule has 0 saturated carbocycles. The third kappa shape index (κ3) is 0.850. The summed E-state index contributed by atoms with van der Waals surface area (Å²) in [6.45, 7) is 0. The molecule has 16 heavy (non-hydrogen) atoms. The second kappa shape index (κ2) is 2.63. The van der Waals surface area contributed by atoms with E-state index in [1.54, 1.807) is 25.4 Å². The maximum atomic E-state index is 11.9. The fourth-order valence-corrected chi connectivity index (χ4v) is 2.19. The molecule has 0 fully saturated rings. The molecule has 1 aliphatic rings. The summed E-state index contributed by atoms with van der Waals surface area (Å²) in [7, 11) is 1.70. The number of carbonyl (C=O) groups excluding carboxylic acids is 1. The average Bonchev–Trinajstić information content (AvgIpc) is 2.51. The van der Waals surface area contributed by atoms with Gasteiger partial charge >= 0.3 is 0 Å². The highest BCUT2D eigenvalue weighted by atomic mass is 16.2. The Kier molecular flexibility index (Phi) is 1.47. The molecule has 0 spiro atoms. The predicted molar refractivity (Wildman–Crippen MR) is 63.3 cm³/mol. The molecule has 0 saturated heterocycles. The molecule has 0 radical (unpaired) electrons. The Morgan fingerprint density at radius 3 is 2.81 bits per heavy atom. The minimum atomic E-state index is -0.0697. The number of nitrogen functional groups attached to an aromatic ring is 2. The monoisotopic (exact) mass is 214 g/mol. The topological polar surface area (TPSA) is 85.2 Å². The molecule has 1 aliphatic heterocycles. The zero-order valence-corrected chi connectivity index (χ0v) is 8.69. The van der Waals surface area contributed by atoms with Gasteiger partial charge in [0.2, 0.25) is 0 Å². The summed E-state index contributed by atoms with van der Waals surface area (Å²) < 4.78 is 0. The molecule has 1 aromatic carbocycles. The molecular weight excluding hydrogens is 204 g/mol. The molecule has 2 aromatic rings. The molecule has 3 rings (SSSR count). The largest absolute Gasteiger partial charge is 0.397 e. The number of anilines is 3. The van der Waals surface area contributed by atoms with Crippen LogP contribution in [0.3, 0.4) is 0 Å². The third-order valence-corrected chi connectivity index (χ3v) is 2.92. The standard InChI is InChI=1S/C11H10N4O/c1-15-10-7(13)4-6(12)9-8(10)5(11(15)16)2-3-14-9/h2-4H,12-13H2,1H3. The Morgan fingerprint density at radius 2 is 2.06 bits per heavy atom. The molecule has 2 heterocycles. The molecule has 80 valence electrons. The fraction of sp³-hybridized carbons (Fsp3) is 0.0909. The molecule has 4 N–H and O–H groups in total. The van der Waals surface area contributed by atoms with E-state index in [0.717, 1.165) is 5.39 Å². The molecule has 0 unspecified atom stereocenters. The minimum Gasteiger partial charge on any atom is -0.397 e. The second-order valence-electron chi connectivity index (χ2n) is 3.85. The normalized spacial score (nSPS) is 13.8. The number of hydrogen-bond donors (Lipinski definition) is 2. The fourth-order valence-electron chi connectivity index (χ4n) is 2.19.